The van der Waals surface area contributed by atoms with Gasteiger partial charge in [0.15, 0.2) is 0 Å². The minimum Gasteiger partial charge on any atom is -0.481 e. The Labute approximate surface area is 298 Å². The minimum atomic E-state index is -0.860. The van der Waals surface area contributed by atoms with Crippen molar-refractivity contribution in [1.29, 1.82) is 0 Å². The monoisotopic (exact) mass is 700 g/mol. The molecule has 0 N–H and O–H groups in total. The molecule has 0 saturated heterocycles. The smallest absolute Gasteiger partial charge is 0.225 e. The normalized spacial score (nSPS) is 11.1. The van der Waals surface area contributed by atoms with Crippen LogP contribution in [0.25, 0.3) is 11.1 Å². The second kappa shape index (κ2) is 17.3. The van der Waals surface area contributed by atoms with E-state index < -0.39 is 15.8 Å². The van der Waals surface area contributed by atoms with E-state index >= 15 is 0 Å². The van der Waals surface area contributed by atoms with E-state index in [0.29, 0.717) is 23.5 Å². The molecule has 0 saturated carbocycles. The maximum absolute atomic E-state index is 6.17. The molecule has 6 rings (SSSR count). The van der Waals surface area contributed by atoms with Gasteiger partial charge in [-0.05, 0) is 57.5 Å². The van der Waals surface area contributed by atoms with E-state index in [4.69, 9.17) is 28.9 Å². The third kappa shape index (κ3) is 8.51. The summed E-state index contributed by atoms with van der Waals surface area (Å²) in [6, 6.07) is 46.9. The summed E-state index contributed by atoms with van der Waals surface area (Å²) >= 11 is 0. The molecule has 6 nitrogen and oxygen atoms in total. The lowest BCUT2D eigenvalue weighted by atomic mass is 10.1. The van der Waals surface area contributed by atoms with Crippen LogP contribution in [-0.4, -0.2) is 38.4 Å². The van der Waals surface area contributed by atoms with Gasteiger partial charge in [0.2, 0.25) is 23.5 Å². The summed E-state index contributed by atoms with van der Waals surface area (Å²) in [4.78, 5) is 9.78. The van der Waals surface area contributed by atoms with Crippen molar-refractivity contribution in [3.05, 3.63) is 156 Å². The fourth-order valence-electron chi connectivity index (χ4n) is 6.11. The molecule has 0 radical (unpaired) electrons. The summed E-state index contributed by atoms with van der Waals surface area (Å²) in [6.45, 7) is 0. The molecule has 0 atom stereocenters. The Hall–Kier alpha value is -4.76. The Morgan fingerprint density at radius 3 is 0.920 bits per heavy atom. The maximum atomic E-state index is 6.17. The van der Waals surface area contributed by atoms with Gasteiger partial charge in [0.05, 0.1) is 39.6 Å². The molecule has 0 unspecified atom stereocenters. The van der Waals surface area contributed by atoms with E-state index in [0.717, 1.165) is 46.4 Å². The molecule has 2 heterocycles. The van der Waals surface area contributed by atoms with E-state index in [1.165, 1.54) is 22.3 Å². The third-order valence-electron chi connectivity index (χ3n) is 8.49. The van der Waals surface area contributed by atoms with E-state index in [9.17, 15) is 0 Å². The molecule has 0 spiro atoms. The van der Waals surface area contributed by atoms with Crippen molar-refractivity contribution < 1.29 is 18.9 Å². The Bertz CT molecular complexity index is 1740. The zero-order valence-electron chi connectivity index (χ0n) is 29.0. The first kappa shape index (κ1) is 35.1. The predicted molar refractivity (Wildman–Crippen MR) is 207 cm³/mol. The van der Waals surface area contributed by atoms with Gasteiger partial charge in [-0.25, -0.2) is 0 Å². The Morgan fingerprint density at radius 2 is 0.680 bits per heavy atom. The van der Waals surface area contributed by atoms with Crippen LogP contribution in [0.1, 0.15) is 22.3 Å². The van der Waals surface area contributed by atoms with Crippen molar-refractivity contribution >= 4 is 26.5 Å². The van der Waals surface area contributed by atoms with Crippen LogP contribution in [-0.2, 0) is 24.6 Å². The lowest BCUT2D eigenvalue weighted by molar-refractivity contribution is 0.362. The van der Waals surface area contributed by atoms with Crippen LogP contribution in [0.5, 0.6) is 23.5 Å². The summed E-state index contributed by atoms with van der Waals surface area (Å²) in [6.07, 6.45) is 3.44. The highest BCUT2D eigenvalue weighted by atomic mass is 31.1. The van der Waals surface area contributed by atoms with Crippen LogP contribution in [0.2, 0.25) is 0 Å². The zero-order chi connectivity index (χ0) is 34.7. The van der Waals surface area contributed by atoms with E-state index in [1.54, 1.807) is 28.4 Å². The largest absolute Gasteiger partial charge is 0.481 e. The molecule has 0 aliphatic rings. The van der Waals surface area contributed by atoms with Gasteiger partial charge < -0.3 is 18.9 Å². The van der Waals surface area contributed by atoms with Gasteiger partial charge in [-0.15, -0.1) is 0 Å². The number of aromatic nitrogens is 2. The molecule has 0 amide bonds. The van der Waals surface area contributed by atoms with Crippen LogP contribution in [0.15, 0.2) is 133 Å². The summed E-state index contributed by atoms with van der Waals surface area (Å²) in [5.74, 6) is 1.97. The number of ether oxygens (including phenoxy) is 4. The molecule has 6 aromatic rings. The van der Waals surface area contributed by atoms with E-state index in [-0.39, 0.29) is 0 Å². The van der Waals surface area contributed by atoms with Crippen LogP contribution in [0.3, 0.4) is 0 Å². The maximum Gasteiger partial charge on any atom is 0.225 e. The molecule has 0 bridgehead atoms. The number of benzene rings is 4. The lowest BCUT2D eigenvalue weighted by Crippen LogP contribution is -2.19. The Kier molecular flexibility index (Phi) is 12.1. The van der Waals surface area contributed by atoms with Gasteiger partial charge in [0.25, 0.3) is 0 Å². The van der Waals surface area contributed by atoms with Crippen LogP contribution < -0.4 is 29.6 Å². The van der Waals surface area contributed by atoms with Gasteiger partial charge in [0, 0.05) is 12.1 Å². The highest BCUT2D eigenvalue weighted by Crippen LogP contribution is 2.52. The summed E-state index contributed by atoms with van der Waals surface area (Å²) in [7, 11) is 4.93. The van der Waals surface area contributed by atoms with Crippen LogP contribution >= 0.6 is 15.8 Å². The third-order valence-corrected chi connectivity index (χ3v) is 13.5. The van der Waals surface area contributed by atoms with E-state index in [1.807, 2.05) is 0 Å². The minimum absolute atomic E-state index is 0.480. The molecule has 0 fully saturated rings. The van der Waals surface area contributed by atoms with E-state index in [2.05, 4.69) is 133 Å². The fraction of sp³-hybridized carbons (Fsp3) is 0.190. The van der Waals surface area contributed by atoms with Gasteiger partial charge in [0.1, 0.15) is 0 Å². The Balaban J connectivity index is 1.63. The molecule has 2 aromatic heterocycles. The SMILES string of the molecule is COc1cc(P(Cc2ccccc2)Cc2ccccc2)c(-c2c(P(Cc3ccccc3)Cc3ccccc3)cc(OC)nc2OC)c(OC)n1. The molecule has 4 aromatic carbocycles. The van der Waals surface area contributed by atoms with Gasteiger partial charge >= 0.3 is 0 Å². The van der Waals surface area contributed by atoms with Crippen molar-refractivity contribution in [3.8, 4) is 34.6 Å². The Morgan fingerprint density at radius 1 is 0.400 bits per heavy atom. The highest BCUT2D eigenvalue weighted by Gasteiger charge is 2.31. The van der Waals surface area contributed by atoms with Crippen molar-refractivity contribution in [2.75, 3.05) is 28.4 Å². The second-order valence-electron chi connectivity index (χ2n) is 11.8. The van der Waals surface area contributed by atoms with Gasteiger partial charge in [-0.2, -0.15) is 9.97 Å². The predicted octanol–water partition coefficient (Wildman–Crippen LogP) is 9.19. The molecular formula is C42H42N2O4P2. The standard InChI is InChI=1S/C42H42N2O4P2/c1-45-37-25-35(49(27-31-17-9-5-10-18-31)28-32-19-11-6-12-20-32)39(41(43-37)47-3)40-36(26-38(46-2)44-42(40)48-4)50(29-33-21-13-7-14-22-33)30-34-23-15-8-16-24-34/h5-26H,27-30H2,1-4H3. The van der Waals surface area contributed by atoms with Crippen LogP contribution in [0.4, 0.5) is 0 Å². The number of methoxy groups -OCH3 is 4. The number of nitrogens with zero attached hydrogens (tertiary/aromatic N) is 2. The molecular weight excluding hydrogens is 658 g/mol. The van der Waals surface area contributed by atoms with Crippen molar-refractivity contribution in [1.82, 2.24) is 9.97 Å². The first-order valence-electron chi connectivity index (χ1n) is 16.5. The average molecular weight is 701 g/mol. The molecule has 50 heavy (non-hydrogen) atoms. The van der Waals surface area contributed by atoms with Crippen molar-refractivity contribution in [2.45, 2.75) is 24.6 Å². The second-order valence-corrected chi connectivity index (χ2v) is 16.2. The van der Waals surface area contributed by atoms with Gasteiger partial charge in [-0.1, -0.05) is 137 Å². The molecule has 0 aliphatic heterocycles. The molecule has 8 heteroatoms. The van der Waals surface area contributed by atoms with Gasteiger partial charge in [-0.3, -0.25) is 0 Å². The first-order chi connectivity index (χ1) is 24.6. The lowest BCUT2D eigenvalue weighted by Gasteiger charge is -2.28. The van der Waals surface area contributed by atoms with Crippen LogP contribution in [0, 0.1) is 0 Å². The summed E-state index contributed by atoms with van der Waals surface area (Å²) < 4.78 is 24.0. The number of pyridine rings is 2. The highest BCUT2D eigenvalue weighted by molar-refractivity contribution is 7.65. The van der Waals surface area contributed by atoms with Crippen molar-refractivity contribution in [3.63, 3.8) is 0 Å². The topological polar surface area (TPSA) is 62.7 Å². The molecule has 254 valence electrons. The fourth-order valence-corrected chi connectivity index (χ4v) is 11.3. The summed E-state index contributed by atoms with van der Waals surface area (Å²) in [5, 5.41) is 2.24. The number of hydrogen-bond acceptors (Lipinski definition) is 6. The van der Waals surface area contributed by atoms with Crippen molar-refractivity contribution in [2.24, 2.45) is 0 Å². The summed E-state index contributed by atoms with van der Waals surface area (Å²) in [5.41, 5.74) is 6.86. The zero-order valence-corrected chi connectivity index (χ0v) is 30.7. The molecule has 0 aliphatic carbocycles. The quantitative estimate of drug-likeness (QED) is 0.0996. The number of hydrogen-bond donors (Lipinski definition) is 0. The average Bonchev–Trinajstić information content (AvgIpc) is 3.18. The first-order valence-corrected chi connectivity index (χ1v) is 19.9. The number of rotatable bonds is 15.